The Morgan fingerprint density at radius 1 is 1.14 bits per heavy atom. The molecule has 0 spiro atoms. The van der Waals surface area contributed by atoms with Gasteiger partial charge in [0.15, 0.2) is 0 Å². The first-order valence-corrected chi connectivity index (χ1v) is 5.05. The molecule has 0 saturated heterocycles. The monoisotopic (exact) mass is 185 g/mol. The average molecular weight is 185 g/mol. The van der Waals surface area contributed by atoms with Gasteiger partial charge in [0.05, 0.1) is 0 Å². The quantitative estimate of drug-likeness (QED) is 0.765. The molecule has 1 heteroatoms. The zero-order chi connectivity index (χ0) is 9.97. The Hall–Kier alpha value is -1.34. The lowest BCUT2D eigenvalue weighted by molar-refractivity contribution is 1.06. The van der Waals surface area contributed by atoms with E-state index in [2.05, 4.69) is 43.3 Å². The van der Waals surface area contributed by atoms with Crippen LogP contribution in [0.5, 0.6) is 0 Å². The summed E-state index contributed by atoms with van der Waals surface area (Å²) >= 11 is 0. The largest absolute Gasteiger partial charge is 0.326 e. The average Bonchev–Trinajstić information content (AvgIpc) is 2.27. The van der Waals surface area contributed by atoms with Gasteiger partial charge in [-0.25, -0.2) is 0 Å². The Kier molecular flexibility index (Phi) is 2.51. The Labute approximate surface area is 84.5 Å². The molecule has 0 radical (unpaired) electrons. The molecule has 0 saturated carbocycles. The maximum absolute atomic E-state index is 5.66. The summed E-state index contributed by atoms with van der Waals surface area (Å²) in [6.45, 7) is 2.81. The van der Waals surface area contributed by atoms with Crippen molar-refractivity contribution >= 4 is 10.8 Å². The third-order valence-electron chi connectivity index (χ3n) is 2.62. The maximum atomic E-state index is 5.66. The fraction of sp³-hybridized carbons (Fsp3) is 0.231. The Bertz CT molecular complexity index is 446. The van der Waals surface area contributed by atoms with E-state index in [-0.39, 0.29) is 0 Å². The standard InChI is InChI=1S/C13H15N/c1-2-11-7-10(9-14)8-12-5-3-4-6-13(11)12/h3-8H,2,9,14H2,1H3. The Morgan fingerprint density at radius 2 is 1.93 bits per heavy atom. The van der Waals surface area contributed by atoms with E-state index in [0.717, 1.165) is 6.42 Å². The molecule has 0 unspecified atom stereocenters. The first kappa shape index (κ1) is 9.22. The molecular weight excluding hydrogens is 170 g/mol. The summed E-state index contributed by atoms with van der Waals surface area (Å²) in [4.78, 5) is 0. The van der Waals surface area contributed by atoms with E-state index in [1.54, 1.807) is 0 Å². The lowest BCUT2D eigenvalue weighted by Crippen LogP contribution is -1.97. The van der Waals surface area contributed by atoms with E-state index < -0.39 is 0 Å². The highest BCUT2D eigenvalue weighted by molar-refractivity contribution is 5.86. The third kappa shape index (κ3) is 1.51. The van der Waals surface area contributed by atoms with E-state index in [0.29, 0.717) is 6.54 Å². The summed E-state index contributed by atoms with van der Waals surface area (Å²) in [5.41, 5.74) is 8.28. The van der Waals surface area contributed by atoms with Crippen LogP contribution in [0.1, 0.15) is 18.1 Å². The summed E-state index contributed by atoms with van der Waals surface area (Å²) in [5.74, 6) is 0. The molecule has 0 aliphatic heterocycles. The van der Waals surface area contributed by atoms with E-state index in [1.807, 2.05) is 0 Å². The lowest BCUT2D eigenvalue weighted by atomic mass is 9.99. The SMILES string of the molecule is CCc1cc(CN)cc2ccccc12. The zero-order valence-electron chi connectivity index (χ0n) is 8.46. The summed E-state index contributed by atoms with van der Waals surface area (Å²) in [7, 11) is 0. The fourth-order valence-electron chi connectivity index (χ4n) is 1.87. The van der Waals surface area contributed by atoms with Crippen LogP contribution in [0.2, 0.25) is 0 Å². The van der Waals surface area contributed by atoms with Gasteiger partial charge in [0, 0.05) is 6.54 Å². The van der Waals surface area contributed by atoms with Crippen molar-refractivity contribution in [1.29, 1.82) is 0 Å². The van der Waals surface area contributed by atoms with Gasteiger partial charge in [-0.3, -0.25) is 0 Å². The minimum atomic E-state index is 0.623. The highest BCUT2D eigenvalue weighted by Crippen LogP contribution is 2.21. The molecule has 0 aliphatic rings. The first-order chi connectivity index (χ1) is 6.85. The Morgan fingerprint density at radius 3 is 2.64 bits per heavy atom. The molecule has 2 aromatic carbocycles. The van der Waals surface area contributed by atoms with Crippen LogP contribution in [0, 0.1) is 0 Å². The Balaban J connectivity index is 2.73. The highest BCUT2D eigenvalue weighted by atomic mass is 14.5. The summed E-state index contributed by atoms with van der Waals surface area (Å²) in [5, 5.41) is 2.65. The molecule has 0 aromatic heterocycles. The van der Waals surface area contributed by atoms with E-state index >= 15 is 0 Å². The molecule has 0 bridgehead atoms. The number of nitrogens with two attached hydrogens (primary N) is 1. The van der Waals surface area contributed by atoms with Gasteiger partial charge in [0.1, 0.15) is 0 Å². The lowest BCUT2D eigenvalue weighted by Gasteiger charge is -2.07. The minimum absolute atomic E-state index is 0.623. The molecule has 2 N–H and O–H groups in total. The highest BCUT2D eigenvalue weighted by Gasteiger charge is 2.00. The van der Waals surface area contributed by atoms with E-state index in [1.165, 1.54) is 21.9 Å². The van der Waals surface area contributed by atoms with Crippen LogP contribution in [0.4, 0.5) is 0 Å². The molecule has 0 aliphatic carbocycles. The van der Waals surface area contributed by atoms with Crippen LogP contribution in [-0.2, 0) is 13.0 Å². The smallest absolute Gasteiger partial charge is 0.0178 e. The van der Waals surface area contributed by atoms with Gasteiger partial charge in [0.25, 0.3) is 0 Å². The van der Waals surface area contributed by atoms with Crippen LogP contribution in [0.25, 0.3) is 10.8 Å². The molecule has 0 heterocycles. The second kappa shape index (κ2) is 3.81. The minimum Gasteiger partial charge on any atom is -0.326 e. The molecular formula is C13H15N. The van der Waals surface area contributed by atoms with Crippen molar-refractivity contribution in [3.63, 3.8) is 0 Å². The predicted molar refractivity (Wildman–Crippen MR) is 61.2 cm³/mol. The van der Waals surface area contributed by atoms with Crippen molar-refractivity contribution in [3.05, 3.63) is 47.5 Å². The molecule has 2 rings (SSSR count). The number of rotatable bonds is 2. The summed E-state index contributed by atoms with van der Waals surface area (Å²) in [6.07, 6.45) is 1.06. The maximum Gasteiger partial charge on any atom is 0.0178 e. The topological polar surface area (TPSA) is 26.0 Å². The van der Waals surface area contributed by atoms with Gasteiger partial charge in [-0.1, -0.05) is 37.3 Å². The van der Waals surface area contributed by atoms with Crippen LogP contribution < -0.4 is 5.73 Å². The summed E-state index contributed by atoms with van der Waals surface area (Å²) < 4.78 is 0. The number of aryl methyl sites for hydroxylation is 1. The van der Waals surface area contributed by atoms with Crippen molar-refractivity contribution in [2.24, 2.45) is 5.73 Å². The van der Waals surface area contributed by atoms with Gasteiger partial charge >= 0.3 is 0 Å². The number of hydrogen-bond donors (Lipinski definition) is 1. The second-order valence-electron chi connectivity index (χ2n) is 3.53. The molecule has 0 amide bonds. The molecule has 2 aromatic rings. The van der Waals surface area contributed by atoms with Gasteiger partial charge < -0.3 is 5.73 Å². The number of hydrogen-bond acceptors (Lipinski definition) is 1. The van der Waals surface area contributed by atoms with Crippen molar-refractivity contribution in [2.75, 3.05) is 0 Å². The fourth-order valence-corrected chi connectivity index (χ4v) is 1.87. The van der Waals surface area contributed by atoms with Crippen LogP contribution in [-0.4, -0.2) is 0 Å². The van der Waals surface area contributed by atoms with Gasteiger partial charge in [-0.15, -0.1) is 0 Å². The van der Waals surface area contributed by atoms with Crippen molar-refractivity contribution < 1.29 is 0 Å². The second-order valence-corrected chi connectivity index (χ2v) is 3.53. The van der Waals surface area contributed by atoms with Crippen molar-refractivity contribution in [3.8, 4) is 0 Å². The van der Waals surface area contributed by atoms with Crippen LogP contribution >= 0.6 is 0 Å². The van der Waals surface area contributed by atoms with Crippen molar-refractivity contribution in [2.45, 2.75) is 19.9 Å². The molecule has 72 valence electrons. The third-order valence-corrected chi connectivity index (χ3v) is 2.62. The zero-order valence-corrected chi connectivity index (χ0v) is 8.46. The summed E-state index contributed by atoms with van der Waals surface area (Å²) in [6, 6.07) is 12.9. The van der Waals surface area contributed by atoms with Gasteiger partial charge in [-0.05, 0) is 34.4 Å². The van der Waals surface area contributed by atoms with Crippen LogP contribution in [0.15, 0.2) is 36.4 Å². The molecule has 14 heavy (non-hydrogen) atoms. The van der Waals surface area contributed by atoms with Gasteiger partial charge in [-0.2, -0.15) is 0 Å². The van der Waals surface area contributed by atoms with Crippen LogP contribution in [0.3, 0.4) is 0 Å². The number of benzene rings is 2. The van der Waals surface area contributed by atoms with Crippen molar-refractivity contribution in [1.82, 2.24) is 0 Å². The van der Waals surface area contributed by atoms with E-state index in [4.69, 9.17) is 5.73 Å². The predicted octanol–water partition coefficient (Wildman–Crippen LogP) is 2.86. The number of fused-ring (bicyclic) bond motifs is 1. The molecule has 0 atom stereocenters. The van der Waals surface area contributed by atoms with E-state index in [9.17, 15) is 0 Å². The molecule has 1 nitrogen and oxygen atoms in total. The van der Waals surface area contributed by atoms with Gasteiger partial charge in [0.2, 0.25) is 0 Å². The first-order valence-electron chi connectivity index (χ1n) is 5.05. The normalized spacial score (nSPS) is 10.7. The molecule has 0 fully saturated rings.